The second-order valence-electron chi connectivity index (χ2n) is 4.98. The highest BCUT2D eigenvalue weighted by Crippen LogP contribution is 2.34. The summed E-state index contributed by atoms with van der Waals surface area (Å²) in [5, 5.41) is 16.0. The molecule has 24 heavy (non-hydrogen) atoms. The summed E-state index contributed by atoms with van der Waals surface area (Å²) in [5.74, 6) is -2.36. The highest BCUT2D eigenvalue weighted by molar-refractivity contribution is 9.10. The van der Waals surface area contributed by atoms with Crippen molar-refractivity contribution in [3.63, 3.8) is 0 Å². The summed E-state index contributed by atoms with van der Waals surface area (Å²) >= 11 is 9.36. The van der Waals surface area contributed by atoms with E-state index in [4.69, 9.17) is 16.4 Å². The van der Waals surface area contributed by atoms with Crippen LogP contribution in [0.2, 0.25) is 5.02 Å². The van der Waals surface area contributed by atoms with Gasteiger partial charge in [0.15, 0.2) is 11.6 Å². The maximum absolute atomic E-state index is 14.7. The summed E-state index contributed by atoms with van der Waals surface area (Å²) in [6.45, 7) is 3.37. The van der Waals surface area contributed by atoms with Crippen molar-refractivity contribution in [2.45, 2.75) is 13.8 Å². The van der Waals surface area contributed by atoms with Gasteiger partial charge in [-0.1, -0.05) is 32.7 Å². The van der Waals surface area contributed by atoms with E-state index in [1.54, 1.807) is 32.0 Å². The van der Waals surface area contributed by atoms with Gasteiger partial charge in [0.25, 0.3) is 0 Å². The lowest BCUT2D eigenvalue weighted by Gasteiger charge is -2.14. The largest absolute Gasteiger partial charge is 0.478 e. The average Bonchev–Trinajstić information content (AvgIpc) is 2.49. The SMILES string of the molecule is CC(C)=NOc1ccc(C(=O)O)c(Nc2ccc(Br)cc2Cl)c1F. The van der Waals surface area contributed by atoms with Crippen LogP contribution in [0.4, 0.5) is 15.8 Å². The van der Waals surface area contributed by atoms with Crippen molar-refractivity contribution in [3.8, 4) is 5.75 Å². The third-order valence-electron chi connectivity index (χ3n) is 2.85. The van der Waals surface area contributed by atoms with Gasteiger partial charge < -0.3 is 15.3 Å². The lowest BCUT2D eigenvalue weighted by atomic mass is 10.1. The molecule has 0 unspecified atom stereocenters. The van der Waals surface area contributed by atoms with Gasteiger partial charge in [-0.3, -0.25) is 0 Å². The number of halogens is 3. The molecule has 2 N–H and O–H groups in total. The van der Waals surface area contributed by atoms with E-state index < -0.39 is 11.8 Å². The molecule has 2 aromatic carbocycles. The first kappa shape index (κ1) is 18.2. The molecule has 0 amide bonds. The molecule has 0 saturated carbocycles. The Bertz CT molecular complexity index is 823. The van der Waals surface area contributed by atoms with E-state index in [-0.39, 0.29) is 17.0 Å². The van der Waals surface area contributed by atoms with E-state index in [9.17, 15) is 14.3 Å². The van der Waals surface area contributed by atoms with Crippen LogP contribution in [0.15, 0.2) is 40.0 Å². The molecule has 0 aromatic heterocycles. The van der Waals surface area contributed by atoms with Crippen molar-refractivity contribution in [1.82, 2.24) is 0 Å². The monoisotopic (exact) mass is 414 g/mol. The maximum Gasteiger partial charge on any atom is 0.337 e. The second kappa shape index (κ2) is 7.63. The molecule has 0 radical (unpaired) electrons. The number of carbonyl (C=O) groups is 1. The molecular formula is C16H13BrClFN2O3. The van der Waals surface area contributed by atoms with Crippen molar-refractivity contribution in [2.75, 3.05) is 5.32 Å². The minimum absolute atomic E-state index is 0.197. The minimum Gasteiger partial charge on any atom is -0.478 e. The molecule has 0 aliphatic rings. The smallest absolute Gasteiger partial charge is 0.337 e. The van der Waals surface area contributed by atoms with E-state index in [1.807, 2.05) is 0 Å². The molecule has 0 aliphatic carbocycles. The van der Waals surface area contributed by atoms with Crippen LogP contribution in [-0.2, 0) is 0 Å². The number of anilines is 2. The van der Waals surface area contributed by atoms with Gasteiger partial charge in [0.05, 0.1) is 27.7 Å². The molecule has 2 aromatic rings. The van der Waals surface area contributed by atoms with Gasteiger partial charge in [0, 0.05) is 4.47 Å². The Hall–Kier alpha value is -2.12. The number of oxime groups is 1. The fraction of sp³-hybridized carbons (Fsp3) is 0.125. The van der Waals surface area contributed by atoms with E-state index in [0.29, 0.717) is 16.4 Å². The second-order valence-corrected chi connectivity index (χ2v) is 6.31. The third-order valence-corrected chi connectivity index (χ3v) is 3.66. The first-order chi connectivity index (χ1) is 11.3. The number of carboxylic acid groups (broad SMARTS) is 1. The summed E-state index contributed by atoms with van der Waals surface area (Å²) in [6, 6.07) is 7.33. The molecule has 0 bridgehead atoms. The molecule has 0 fully saturated rings. The quantitative estimate of drug-likeness (QED) is 0.502. The summed E-state index contributed by atoms with van der Waals surface area (Å²) in [4.78, 5) is 16.4. The number of nitrogens with one attached hydrogen (secondary N) is 1. The Morgan fingerprint density at radius 1 is 1.33 bits per heavy atom. The highest BCUT2D eigenvalue weighted by atomic mass is 79.9. The van der Waals surface area contributed by atoms with Gasteiger partial charge in [0.2, 0.25) is 0 Å². The Morgan fingerprint density at radius 3 is 2.62 bits per heavy atom. The fourth-order valence-electron chi connectivity index (χ4n) is 1.79. The van der Waals surface area contributed by atoms with Crippen molar-refractivity contribution in [2.24, 2.45) is 5.16 Å². The van der Waals surface area contributed by atoms with Gasteiger partial charge in [-0.25, -0.2) is 9.18 Å². The van der Waals surface area contributed by atoms with Crippen molar-refractivity contribution in [1.29, 1.82) is 0 Å². The van der Waals surface area contributed by atoms with Gasteiger partial charge in [-0.05, 0) is 44.2 Å². The van der Waals surface area contributed by atoms with Crippen LogP contribution in [0.1, 0.15) is 24.2 Å². The zero-order valence-electron chi connectivity index (χ0n) is 12.7. The number of carboxylic acids is 1. The van der Waals surface area contributed by atoms with Crippen LogP contribution in [-0.4, -0.2) is 16.8 Å². The molecule has 0 spiro atoms. The van der Waals surface area contributed by atoms with Crippen LogP contribution in [0.25, 0.3) is 0 Å². The van der Waals surface area contributed by atoms with Crippen molar-refractivity contribution >= 4 is 50.6 Å². The average molecular weight is 416 g/mol. The molecule has 0 aliphatic heterocycles. The Kier molecular flexibility index (Phi) is 5.80. The van der Waals surface area contributed by atoms with Crippen LogP contribution >= 0.6 is 27.5 Å². The zero-order valence-corrected chi connectivity index (χ0v) is 15.1. The first-order valence-electron chi connectivity index (χ1n) is 6.75. The van der Waals surface area contributed by atoms with E-state index in [2.05, 4.69) is 26.4 Å². The fourth-order valence-corrected chi connectivity index (χ4v) is 2.51. The summed E-state index contributed by atoms with van der Waals surface area (Å²) in [5.41, 5.74) is 0.431. The molecular weight excluding hydrogens is 403 g/mol. The Morgan fingerprint density at radius 2 is 2.04 bits per heavy atom. The van der Waals surface area contributed by atoms with Crippen LogP contribution in [0, 0.1) is 5.82 Å². The number of hydrogen-bond donors (Lipinski definition) is 2. The Labute approximate surface area is 151 Å². The molecule has 2 rings (SSSR count). The van der Waals surface area contributed by atoms with E-state index >= 15 is 0 Å². The summed E-state index contributed by atoms with van der Waals surface area (Å²) in [6.07, 6.45) is 0. The number of nitrogens with zero attached hydrogens (tertiary/aromatic N) is 1. The first-order valence-corrected chi connectivity index (χ1v) is 7.92. The lowest BCUT2D eigenvalue weighted by molar-refractivity contribution is 0.0697. The van der Waals surface area contributed by atoms with Gasteiger partial charge in [0.1, 0.15) is 0 Å². The number of hydrogen-bond acceptors (Lipinski definition) is 4. The lowest BCUT2D eigenvalue weighted by Crippen LogP contribution is -2.06. The van der Waals surface area contributed by atoms with Gasteiger partial charge in [-0.2, -0.15) is 0 Å². The van der Waals surface area contributed by atoms with Crippen LogP contribution in [0.3, 0.4) is 0 Å². The number of aromatic carboxylic acids is 1. The molecule has 5 nitrogen and oxygen atoms in total. The summed E-state index contributed by atoms with van der Waals surface area (Å²) in [7, 11) is 0. The molecule has 0 heterocycles. The predicted octanol–water partition coefficient (Wildman–Crippen LogP) is 5.46. The molecule has 0 saturated heterocycles. The van der Waals surface area contributed by atoms with Crippen molar-refractivity contribution < 1.29 is 19.1 Å². The third kappa shape index (κ3) is 4.24. The minimum atomic E-state index is -1.29. The molecule has 8 heteroatoms. The standard InChI is InChI=1S/C16H13BrClFN2O3/c1-8(2)21-24-13-6-4-10(16(22)23)15(14(13)19)20-12-5-3-9(17)7-11(12)18/h3-7,20H,1-2H3,(H,22,23). The van der Waals surface area contributed by atoms with Crippen molar-refractivity contribution in [3.05, 3.63) is 51.2 Å². The summed E-state index contributed by atoms with van der Waals surface area (Å²) < 4.78 is 15.4. The molecule has 0 atom stereocenters. The van der Waals surface area contributed by atoms with Crippen LogP contribution < -0.4 is 10.2 Å². The zero-order chi connectivity index (χ0) is 17.9. The Balaban J connectivity index is 2.50. The predicted molar refractivity (Wildman–Crippen MR) is 95.2 cm³/mol. The number of rotatable bonds is 5. The van der Waals surface area contributed by atoms with E-state index in [1.165, 1.54) is 12.1 Å². The number of benzene rings is 2. The highest BCUT2D eigenvalue weighted by Gasteiger charge is 2.20. The molecule has 126 valence electrons. The van der Waals surface area contributed by atoms with Crippen LogP contribution in [0.5, 0.6) is 5.75 Å². The maximum atomic E-state index is 14.7. The van der Waals surface area contributed by atoms with E-state index in [0.717, 1.165) is 4.47 Å². The normalized spacial score (nSPS) is 10.2. The van der Waals surface area contributed by atoms with Gasteiger partial charge >= 0.3 is 5.97 Å². The van der Waals surface area contributed by atoms with Gasteiger partial charge in [-0.15, -0.1) is 0 Å². The topological polar surface area (TPSA) is 70.9 Å².